The number of carbonyl (C=O) groups excluding carboxylic acids is 2. The second kappa shape index (κ2) is 7.50. The molecule has 0 aliphatic carbocycles. The zero-order chi connectivity index (χ0) is 17.9. The van der Waals surface area contributed by atoms with Crippen LogP contribution < -0.4 is 0 Å². The highest BCUT2D eigenvalue weighted by atomic mass is 35.7. The normalized spacial score (nSPS) is 16.0. The average molecular weight is 380 g/mol. The summed E-state index contributed by atoms with van der Waals surface area (Å²) >= 11 is 5.76. The van der Waals surface area contributed by atoms with Crippen LogP contribution in [-0.4, -0.2) is 29.9 Å². The van der Waals surface area contributed by atoms with Gasteiger partial charge in [-0.1, -0.05) is 42.5 Å². The molecule has 1 atom stereocenters. The molecule has 0 spiro atoms. The van der Waals surface area contributed by atoms with E-state index in [1.807, 2.05) is 18.2 Å². The number of halogens is 1. The maximum absolute atomic E-state index is 12.2. The molecule has 0 N–H and O–H groups in total. The average Bonchev–Trinajstić information content (AvgIpc) is 2.86. The molecule has 1 heterocycles. The quantitative estimate of drug-likeness (QED) is 0.539. The van der Waals surface area contributed by atoms with Crippen LogP contribution in [0.3, 0.4) is 0 Å². The molecule has 1 unspecified atom stereocenters. The molecule has 2 amide bonds. The van der Waals surface area contributed by atoms with Crippen molar-refractivity contribution < 1.29 is 23.2 Å². The fourth-order valence-corrected chi connectivity index (χ4v) is 3.48. The van der Waals surface area contributed by atoms with Gasteiger partial charge in [-0.2, -0.15) is 0 Å². The number of carbonyl (C=O) groups is 2. The van der Waals surface area contributed by atoms with E-state index in [0.717, 1.165) is 10.5 Å². The molecule has 0 saturated carbocycles. The first-order valence-electron chi connectivity index (χ1n) is 7.56. The molecule has 0 bridgehead atoms. The Bertz CT molecular complexity index is 807. The van der Waals surface area contributed by atoms with Crippen molar-refractivity contribution >= 4 is 30.0 Å². The minimum Gasteiger partial charge on any atom is -0.295 e. The van der Waals surface area contributed by atoms with Gasteiger partial charge < -0.3 is 0 Å². The zero-order valence-electron chi connectivity index (χ0n) is 13.1. The van der Waals surface area contributed by atoms with E-state index in [1.165, 1.54) is 0 Å². The molecule has 8 heteroatoms. The maximum atomic E-state index is 12.2. The molecule has 3 rings (SSSR count). The van der Waals surface area contributed by atoms with Crippen LogP contribution in [0.25, 0.3) is 0 Å². The standard InChI is InChI=1S/C17H15ClNO5P/c18-25(22,24-12-13-6-2-1-3-7-13)23-11-10-19-16(20)14-8-4-5-9-15(14)17(19)21/h1-9H,10-12H2. The summed E-state index contributed by atoms with van der Waals surface area (Å²) in [6, 6.07) is 15.6. The largest absolute Gasteiger partial charge is 0.424 e. The van der Waals surface area contributed by atoms with Gasteiger partial charge in [0.25, 0.3) is 11.8 Å². The number of hydrogen-bond acceptors (Lipinski definition) is 5. The summed E-state index contributed by atoms with van der Waals surface area (Å²) < 4.78 is 22.2. The summed E-state index contributed by atoms with van der Waals surface area (Å²) in [6.07, 6.45) is 0. The minimum absolute atomic E-state index is 0.0363. The summed E-state index contributed by atoms with van der Waals surface area (Å²) in [5, 5.41) is 0. The lowest BCUT2D eigenvalue weighted by molar-refractivity contribution is 0.0625. The van der Waals surface area contributed by atoms with Crippen molar-refractivity contribution in [3.63, 3.8) is 0 Å². The number of imide groups is 1. The second-order valence-corrected chi connectivity index (χ2v) is 7.95. The van der Waals surface area contributed by atoms with E-state index in [0.29, 0.717) is 11.1 Å². The topological polar surface area (TPSA) is 72.9 Å². The van der Waals surface area contributed by atoms with Crippen molar-refractivity contribution in [1.29, 1.82) is 0 Å². The Hall–Kier alpha value is -1.98. The lowest BCUT2D eigenvalue weighted by atomic mass is 10.1. The monoisotopic (exact) mass is 379 g/mol. The summed E-state index contributed by atoms with van der Waals surface area (Å²) in [5.41, 5.74) is 1.50. The predicted octanol–water partition coefficient (Wildman–Crippen LogP) is 3.86. The molecule has 130 valence electrons. The van der Waals surface area contributed by atoms with E-state index >= 15 is 0 Å². The predicted molar refractivity (Wildman–Crippen MR) is 92.5 cm³/mol. The molecule has 1 aliphatic heterocycles. The molecule has 25 heavy (non-hydrogen) atoms. The Morgan fingerprint density at radius 2 is 1.44 bits per heavy atom. The van der Waals surface area contributed by atoms with Crippen LogP contribution in [0.15, 0.2) is 54.6 Å². The number of nitrogens with zero attached hydrogens (tertiary/aromatic N) is 1. The molecule has 0 saturated heterocycles. The van der Waals surface area contributed by atoms with Crippen LogP contribution in [-0.2, 0) is 20.2 Å². The van der Waals surface area contributed by atoms with Gasteiger partial charge in [0.15, 0.2) is 0 Å². The fourth-order valence-electron chi connectivity index (χ4n) is 2.45. The molecule has 2 aromatic carbocycles. The summed E-state index contributed by atoms with van der Waals surface area (Å²) in [5.74, 6) is -0.808. The molecular weight excluding hydrogens is 365 g/mol. The highest BCUT2D eigenvalue weighted by molar-refractivity contribution is 7.81. The first kappa shape index (κ1) is 17.8. The number of hydrogen-bond donors (Lipinski definition) is 0. The van der Waals surface area contributed by atoms with E-state index < -0.39 is 18.8 Å². The number of fused-ring (bicyclic) bond motifs is 1. The van der Waals surface area contributed by atoms with E-state index in [1.54, 1.807) is 36.4 Å². The lowest BCUT2D eigenvalue weighted by Crippen LogP contribution is -2.32. The van der Waals surface area contributed by atoms with Gasteiger partial charge in [0.05, 0.1) is 30.9 Å². The van der Waals surface area contributed by atoms with Gasteiger partial charge in [0.1, 0.15) is 0 Å². The fraction of sp³-hybridized carbons (Fsp3) is 0.176. The van der Waals surface area contributed by atoms with Crippen LogP contribution in [0.4, 0.5) is 0 Å². The molecule has 6 nitrogen and oxygen atoms in total. The van der Waals surface area contributed by atoms with Gasteiger partial charge in [-0.05, 0) is 17.7 Å². The summed E-state index contributed by atoms with van der Waals surface area (Å²) in [4.78, 5) is 25.4. The van der Waals surface area contributed by atoms with Crippen molar-refractivity contribution in [2.45, 2.75) is 6.61 Å². The van der Waals surface area contributed by atoms with E-state index in [2.05, 4.69) is 0 Å². The van der Waals surface area contributed by atoms with Crippen molar-refractivity contribution in [2.75, 3.05) is 13.2 Å². The Morgan fingerprint density at radius 1 is 0.880 bits per heavy atom. The second-order valence-electron chi connectivity index (χ2n) is 5.33. The Morgan fingerprint density at radius 3 is 2.04 bits per heavy atom. The molecule has 1 aliphatic rings. The van der Waals surface area contributed by atoms with Crippen LogP contribution in [0.5, 0.6) is 0 Å². The third kappa shape index (κ3) is 4.17. The van der Waals surface area contributed by atoms with Crippen molar-refractivity contribution in [2.24, 2.45) is 0 Å². The Kier molecular flexibility index (Phi) is 5.35. The highest BCUT2D eigenvalue weighted by Crippen LogP contribution is 2.54. The van der Waals surface area contributed by atoms with Crippen LogP contribution in [0, 0.1) is 0 Å². The van der Waals surface area contributed by atoms with Gasteiger partial charge in [-0.15, -0.1) is 0 Å². The molecular formula is C17H15ClNO5P. The van der Waals surface area contributed by atoms with Crippen molar-refractivity contribution in [3.05, 3.63) is 71.3 Å². The van der Waals surface area contributed by atoms with Crippen molar-refractivity contribution in [1.82, 2.24) is 4.90 Å². The van der Waals surface area contributed by atoms with Crippen LogP contribution >= 0.6 is 18.2 Å². The molecule has 0 aromatic heterocycles. The molecule has 2 aromatic rings. The molecule has 0 radical (unpaired) electrons. The third-order valence-electron chi connectivity index (χ3n) is 3.67. The highest BCUT2D eigenvalue weighted by Gasteiger charge is 2.35. The van der Waals surface area contributed by atoms with Crippen molar-refractivity contribution in [3.8, 4) is 0 Å². The van der Waals surface area contributed by atoms with E-state index in [-0.39, 0.29) is 19.8 Å². The number of rotatable bonds is 7. The van der Waals surface area contributed by atoms with E-state index in [9.17, 15) is 14.2 Å². The van der Waals surface area contributed by atoms with Gasteiger partial charge in [0.2, 0.25) is 0 Å². The summed E-state index contributed by atoms with van der Waals surface area (Å²) in [6.45, 7) is -4.01. The minimum atomic E-state index is -3.80. The smallest absolute Gasteiger partial charge is 0.295 e. The zero-order valence-corrected chi connectivity index (χ0v) is 14.8. The van der Waals surface area contributed by atoms with Gasteiger partial charge in [0, 0.05) is 11.2 Å². The van der Waals surface area contributed by atoms with Crippen LogP contribution in [0.2, 0.25) is 0 Å². The number of amides is 2. The van der Waals surface area contributed by atoms with Gasteiger partial charge >= 0.3 is 6.95 Å². The van der Waals surface area contributed by atoms with E-state index in [4.69, 9.17) is 20.3 Å². The van der Waals surface area contributed by atoms with Gasteiger partial charge in [-0.25, -0.2) is 4.57 Å². The Labute approximate surface area is 149 Å². The molecule has 0 fully saturated rings. The number of benzene rings is 2. The first-order chi connectivity index (χ1) is 12.0. The van der Waals surface area contributed by atoms with Crippen LogP contribution in [0.1, 0.15) is 26.3 Å². The third-order valence-corrected chi connectivity index (χ3v) is 5.18. The SMILES string of the molecule is O=C1c2ccccc2C(=O)N1CCOP(=O)(Cl)OCc1ccccc1. The first-order valence-corrected chi connectivity index (χ1v) is 10.0. The van der Waals surface area contributed by atoms with Gasteiger partial charge in [-0.3, -0.25) is 23.5 Å². The Balaban J connectivity index is 1.52. The lowest BCUT2D eigenvalue weighted by Gasteiger charge is -2.16. The summed E-state index contributed by atoms with van der Waals surface area (Å²) in [7, 11) is 0. The maximum Gasteiger partial charge on any atom is 0.424 e.